The molecule has 3 nitrogen and oxygen atoms in total. The molecule has 0 atom stereocenters. The number of hydrogen-bond acceptors (Lipinski definition) is 4. The lowest BCUT2D eigenvalue weighted by Gasteiger charge is -2.11. The molecule has 2 heterocycles. The minimum Gasteiger partial charge on any atom is -0.383 e. The van der Waals surface area contributed by atoms with E-state index in [-0.39, 0.29) is 0 Å². The smallest absolute Gasteiger partial charge is 0.125 e. The highest BCUT2D eigenvalue weighted by atomic mass is 32.1. The second-order valence-electron chi connectivity index (χ2n) is 3.42. The molecule has 0 spiro atoms. The Kier molecular flexibility index (Phi) is 1.82. The summed E-state index contributed by atoms with van der Waals surface area (Å²) in [6.07, 6.45) is 3.47. The van der Waals surface area contributed by atoms with Crippen molar-refractivity contribution in [1.82, 2.24) is 9.97 Å². The Labute approximate surface area is 80.1 Å². The molecule has 2 aromatic heterocycles. The Bertz CT molecular complexity index is 397. The maximum atomic E-state index is 9.72. The zero-order valence-corrected chi connectivity index (χ0v) is 8.30. The van der Waals surface area contributed by atoms with Gasteiger partial charge in [-0.25, -0.2) is 4.98 Å². The van der Waals surface area contributed by atoms with Crippen molar-refractivity contribution in [2.75, 3.05) is 0 Å². The number of pyridine rings is 1. The Morgan fingerprint density at radius 2 is 2.23 bits per heavy atom. The van der Waals surface area contributed by atoms with E-state index >= 15 is 0 Å². The highest BCUT2D eigenvalue weighted by Crippen LogP contribution is 2.28. The lowest BCUT2D eigenvalue weighted by Crippen LogP contribution is -2.14. The van der Waals surface area contributed by atoms with Crippen LogP contribution >= 0.6 is 11.3 Å². The second kappa shape index (κ2) is 2.75. The van der Waals surface area contributed by atoms with Gasteiger partial charge in [-0.1, -0.05) is 0 Å². The number of aliphatic hydroxyl groups is 1. The van der Waals surface area contributed by atoms with Crippen LogP contribution in [0, 0.1) is 0 Å². The molecule has 13 heavy (non-hydrogen) atoms. The molecule has 0 saturated heterocycles. The Hall–Kier alpha value is -1.000. The minimum absolute atomic E-state index is 0.732. The van der Waals surface area contributed by atoms with Gasteiger partial charge in [-0.2, -0.15) is 0 Å². The van der Waals surface area contributed by atoms with Gasteiger partial charge >= 0.3 is 0 Å². The van der Waals surface area contributed by atoms with Gasteiger partial charge in [0.2, 0.25) is 0 Å². The maximum Gasteiger partial charge on any atom is 0.125 e. The van der Waals surface area contributed by atoms with E-state index in [0.717, 1.165) is 15.2 Å². The molecule has 4 heteroatoms. The summed E-state index contributed by atoms with van der Waals surface area (Å²) in [5, 5.41) is 10.4. The van der Waals surface area contributed by atoms with Crippen LogP contribution in [0.5, 0.6) is 0 Å². The first kappa shape index (κ1) is 8.59. The molecule has 2 rings (SSSR count). The molecular weight excluding hydrogens is 184 g/mol. The van der Waals surface area contributed by atoms with Crippen molar-refractivity contribution in [2.45, 2.75) is 19.4 Å². The standard InChI is InChI=1S/C9H10N2OS/c1-9(2,12)8-11-6-3-4-10-5-7(6)13-8/h3-5,12H,1-2H3. The van der Waals surface area contributed by atoms with Crippen molar-refractivity contribution in [3.63, 3.8) is 0 Å². The van der Waals surface area contributed by atoms with E-state index in [0.29, 0.717) is 0 Å². The molecule has 0 aromatic carbocycles. The van der Waals surface area contributed by atoms with E-state index in [4.69, 9.17) is 0 Å². The number of rotatable bonds is 1. The highest BCUT2D eigenvalue weighted by molar-refractivity contribution is 7.18. The fraction of sp³-hybridized carbons (Fsp3) is 0.333. The van der Waals surface area contributed by atoms with Gasteiger partial charge in [0.05, 0.1) is 10.2 Å². The van der Waals surface area contributed by atoms with Crippen molar-refractivity contribution in [3.8, 4) is 0 Å². The largest absolute Gasteiger partial charge is 0.383 e. The Morgan fingerprint density at radius 3 is 2.85 bits per heavy atom. The van der Waals surface area contributed by atoms with Crippen molar-refractivity contribution >= 4 is 21.6 Å². The summed E-state index contributed by atoms with van der Waals surface area (Å²) in [5.41, 5.74) is 0.0427. The lowest BCUT2D eigenvalue weighted by molar-refractivity contribution is 0.0785. The predicted octanol–water partition coefficient (Wildman–Crippen LogP) is 1.92. The van der Waals surface area contributed by atoms with Crippen molar-refractivity contribution in [2.24, 2.45) is 0 Å². The molecule has 0 radical (unpaired) electrons. The highest BCUT2D eigenvalue weighted by Gasteiger charge is 2.20. The van der Waals surface area contributed by atoms with E-state index in [9.17, 15) is 5.11 Å². The fourth-order valence-corrected chi connectivity index (χ4v) is 1.98. The average Bonchev–Trinajstić information content (AvgIpc) is 2.45. The number of nitrogens with zero attached hydrogens (tertiary/aromatic N) is 2. The molecular formula is C9H10N2OS. The summed E-state index contributed by atoms with van der Waals surface area (Å²) >= 11 is 1.48. The molecule has 68 valence electrons. The monoisotopic (exact) mass is 194 g/mol. The van der Waals surface area contributed by atoms with Gasteiger partial charge in [0, 0.05) is 12.4 Å². The topological polar surface area (TPSA) is 46.0 Å². The van der Waals surface area contributed by atoms with Crippen LogP contribution in [0.2, 0.25) is 0 Å². The van der Waals surface area contributed by atoms with E-state index in [1.165, 1.54) is 11.3 Å². The Morgan fingerprint density at radius 1 is 1.46 bits per heavy atom. The lowest BCUT2D eigenvalue weighted by atomic mass is 10.2. The van der Waals surface area contributed by atoms with Crippen LogP contribution in [0.1, 0.15) is 18.9 Å². The van der Waals surface area contributed by atoms with Crippen LogP contribution in [0.3, 0.4) is 0 Å². The second-order valence-corrected chi connectivity index (χ2v) is 4.45. The summed E-state index contributed by atoms with van der Waals surface area (Å²) in [5.74, 6) is 0. The minimum atomic E-state index is -0.857. The van der Waals surface area contributed by atoms with Crippen LogP contribution in [0.4, 0.5) is 0 Å². The first-order valence-corrected chi connectivity index (χ1v) is 4.82. The molecule has 0 bridgehead atoms. The third-order valence-electron chi connectivity index (χ3n) is 1.71. The fourth-order valence-electron chi connectivity index (χ4n) is 1.04. The van der Waals surface area contributed by atoms with Crippen LogP contribution < -0.4 is 0 Å². The van der Waals surface area contributed by atoms with E-state index < -0.39 is 5.60 Å². The van der Waals surface area contributed by atoms with Gasteiger partial charge in [0.15, 0.2) is 0 Å². The maximum absolute atomic E-state index is 9.72. The number of thiazole rings is 1. The molecule has 0 saturated carbocycles. The molecule has 0 aliphatic carbocycles. The summed E-state index contributed by atoms with van der Waals surface area (Å²) in [6.45, 7) is 3.47. The first-order chi connectivity index (χ1) is 6.07. The molecule has 0 aliphatic rings. The normalized spacial score (nSPS) is 12.2. The van der Waals surface area contributed by atoms with Gasteiger partial charge in [-0.3, -0.25) is 4.98 Å². The molecule has 0 aliphatic heterocycles. The summed E-state index contributed by atoms with van der Waals surface area (Å²) in [7, 11) is 0. The summed E-state index contributed by atoms with van der Waals surface area (Å²) < 4.78 is 1.01. The number of hydrogen-bond donors (Lipinski definition) is 1. The first-order valence-electron chi connectivity index (χ1n) is 4.01. The van der Waals surface area contributed by atoms with Crippen LogP contribution in [0.25, 0.3) is 10.2 Å². The van der Waals surface area contributed by atoms with Crippen molar-refractivity contribution in [3.05, 3.63) is 23.5 Å². The average molecular weight is 194 g/mol. The van der Waals surface area contributed by atoms with Crippen LogP contribution in [-0.4, -0.2) is 15.1 Å². The predicted molar refractivity (Wildman–Crippen MR) is 52.7 cm³/mol. The Balaban J connectivity index is 2.63. The zero-order chi connectivity index (χ0) is 9.47. The molecule has 2 aromatic rings. The molecule has 0 unspecified atom stereocenters. The van der Waals surface area contributed by atoms with E-state index in [2.05, 4.69) is 9.97 Å². The van der Waals surface area contributed by atoms with Gasteiger partial charge in [-0.05, 0) is 19.9 Å². The van der Waals surface area contributed by atoms with Gasteiger partial charge in [-0.15, -0.1) is 11.3 Å². The zero-order valence-electron chi connectivity index (χ0n) is 7.48. The molecule has 1 N–H and O–H groups in total. The van der Waals surface area contributed by atoms with Crippen molar-refractivity contribution < 1.29 is 5.11 Å². The van der Waals surface area contributed by atoms with Crippen molar-refractivity contribution in [1.29, 1.82) is 0 Å². The molecule has 0 amide bonds. The third-order valence-corrected chi connectivity index (χ3v) is 3.03. The van der Waals surface area contributed by atoms with Crippen LogP contribution in [-0.2, 0) is 5.60 Å². The SMILES string of the molecule is CC(C)(O)c1nc2ccncc2s1. The van der Waals surface area contributed by atoms with Gasteiger partial charge in [0.1, 0.15) is 10.6 Å². The third kappa shape index (κ3) is 1.55. The quantitative estimate of drug-likeness (QED) is 0.754. The van der Waals surface area contributed by atoms with Crippen LogP contribution in [0.15, 0.2) is 18.5 Å². The van der Waals surface area contributed by atoms with E-state index in [1.807, 2.05) is 6.07 Å². The number of aromatic nitrogens is 2. The molecule has 0 fully saturated rings. The van der Waals surface area contributed by atoms with E-state index in [1.54, 1.807) is 26.2 Å². The number of fused-ring (bicyclic) bond motifs is 1. The summed E-state index contributed by atoms with van der Waals surface area (Å²) in [4.78, 5) is 8.31. The van der Waals surface area contributed by atoms with Gasteiger partial charge < -0.3 is 5.11 Å². The van der Waals surface area contributed by atoms with Gasteiger partial charge in [0.25, 0.3) is 0 Å². The summed E-state index contributed by atoms with van der Waals surface area (Å²) in [6, 6.07) is 1.85.